The summed E-state index contributed by atoms with van der Waals surface area (Å²) in [5.74, 6) is 0. The van der Waals surface area contributed by atoms with E-state index < -0.39 is 0 Å². The molecule has 0 rings (SSSR count). The van der Waals surface area contributed by atoms with Crippen LogP contribution in [-0.4, -0.2) is 21.1 Å². The van der Waals surface area contributed by atoms with E-state index in [1.165, 1.54) is 116 Å². The van der Waals surface area contributed by atoms with Crippen molar-refractivity contribution in [1.82, 2.24) is 0 Å². The predicted octanol–water partition coefficient (Wildman–Crippen LogP) is 9.37. The van der Waals surface area contributed by atoms with Crippen molar-refractivity contribution in [3.05, 3.63) is 0 Å². The van der Waals surface area contributed by atoms with Gasteiger partial charge in [-0.05, 0) is 0 Å². The van der Waals surface area contributed by atoms with Crippen LogP contribution in [0.5, 0.6) is 0 Å². The molecule has 0 aromatic carbocycles. The molecular formula is C24H50SSn. The second kappa shape index (κ2) is 28.4. The molecule has 0 heterocycles. The number of rotatable bonds is 22. The van der Waals surface area contributed by atoms with Crippen LogP contribution in [0.15, 0.2) is 0 Å². The Morgan fingerprint density at radius 3 is 0.846 bits per heavy atom. The smallest absolute Gasteiger partial charge is 2.00 e. The molecule has 0 saturated carbocycles. The maximum atomic E-state index is 2.31. The Bertz CT molecular complexity index is 198. The van der Waals surface area contributed by atoms with Crippen LogP contribution in [-0.2, 0) is 13.5 Å². The summed E-state index contributed by atoms with van der Waals surface area (Å²) in [6, 6.07) is 0. The van der Waals surface area contributed by atoms with Gasteiger partial charge in [0.2, 0.25) is 0 Å². The molecule has 0 amide bonds. The van der Waals surface area contributed by atoms with E-state index in [0.29, 0.717) is 0 Å². The summed E-state index contributed by atoms with van der Waals surface area (Å²) in [7, 11) is 0. The van der Waals surface area contributed by atoms with Gasteiger partial charge in [0.15, 0.2) is 0 Å². The van der Waals surface area contributed by atoms with Gasteiger partial charge in [-0.3, -0.25) is 0 Å². The van der Waals surface area contributed by atoms with Crippen LogP contribution >= 0.6 is 0 Å². The van der Waals surface area contributed by atoms with Gasteiger partial charge in [0.1, 0.15) is 0 Å². The van der Waals surface area contributed by atoms with Gasteiger partial charge in [-0.15, -0.1) is 0 Å². The summed E-state index contributed by atoms with van der Waals surface area (Å²) < 4.78 is 3.33. The van der Waals surface area contributed by atoms with E-state index in [1.807, 2.05) is 0 Å². The van der Waals surface area contributed by atoms with Crippen LogP contribution in [0.1, 0.15) is 142 Å². The first-order valence-corrected chi connectivity index (χ1v) is 16.2. The summed E-state index contributed by atoms with van der Waals surface area (Å²) in [6.07, 6.45) is 29.8. The molecule has 0 unspecified atom stereocenters. The predicted molar refractivity (Wildman–Crippen MR) is 126 cm³/mol. The number of hydrogen-bond donors (Lipinski definition) is 0. The summed E-state index contributed by atoms with van der Waals surface area (Å²) in [5, 5.41) is 0. The van der Waals surface area contributed by atoms with Crippen LogP contribution in [0.4, 0.5) is 0 Å². The summed E-state index contributed by atoms with van der Waals surface area (Å²) in [6.45, 7) is 4.61. The Hall–Kier alpha value is 1.15. The first-order valence-electron chi connectivity index (χ1n) is 12.1. The van der Waals surface area contributed by atoms with Crippen molar-refractivity contribution in [3.8, 4) is 0 Å². The quantitative estimate of drug-likeness (QED) is 0.105. The van der Waals surface area contributed by atoms with E-state index in [-0.39, 0.29) is 34.6 Å². The van der Waals surface area contributed by atoms with Crippen LogP contribution in [0.2, 0.25) is 8.87 Å². The molecule has 0 saturated heterocycles. The maximum absolute atomic E-state index is 2.31. The molecule has 0 aromatic rings. The third kappa shape index (κ3) is 27.4. The Kier molecular flexibility index (Phi) is 32.0. The van der Waals surface area contributed by atoms with Crippen molar-refractivity contribution in [1.29, 1.82) is 0 Å². The standard InChI is InChI=1S/2C12H25.S.Sn/c2*1-3-5-7-9-11-12-10-8-6-4-2;;/h2*1,3-12H2,2H3;;/q;;-2;+2. The number of unbranched alkanes of at least 4 members (excludes halogenated alkanes) is 18. The van der Waals surface area contributed by atoms with Crippen molar-refractivity contribution in [3.63, 3.8) is 0 Å². The fourth-order valence-electron chi connectivity index (χ4n) is 3.60. The zero-order valence-electron chi connectivity index (χ0n) is 18.5. The normalized spacial score (nSPS) is 10.5. The fourth-order valence-corrected chi connectivity index (χ4v) is 7.17. The third-order valence-corrected chi connectivity index (χ3v) is 9.45. The second-order valence-corrected chi connectivity index (χ2v) is 12.4. The first-order chi connectivity index (χ1) is 12.4. The van der Waals surface area contributed by atoms with Crippen molar-refractivity contribution >= 4 is 34.6 Å². The van der Waals surface area contributed by atoms with Crippen LogP contribution < -0.4 is 0 Å². The average molecular weight is 489 g/mol. The molecule has 0 aromatic heterocycles. The van der Waals surface area contributed by atoms with Gasteiger partial charge in [0, 0.05) is 0 Å². The van der Waals surface area contributed by atoms with Gasteiger partial charge < -0.3 is 13.5 Å². The average Bonchev–Trinajstić information content (AvgIpc) is 2.63. The minimum atomic E-state index is 0. The van der Waals surface area contributed by atoms with Crippen molar-refractivity contribution in [2.75, 3.05) is 0 Å². The first kappa shape index (κ1) is 29.4. The van der Waals surface area contributed by atoms with Crippen molar-refractivity contribution in [2.24, 2.45) is 0 Å². The second-order valence-electron chi connectivity index (χ2n) is 8.11. The molecular weight excluding hydrogens is 439 g/mol. The molecule has 0 aliphatic heterocycles. The van der Waals surface area contributed by atoms with Gasteiger partial charge in [-0.1, -0.05) is 0 Å². The van der Waals surface area contributed by atoms with E-state index >= 15 is 0 Å². The van der Waals surface area contributed by atoms with Gasteiger partial charge in [-0.2, -0.15) is 0 Å². The zero-order chi connectivity index (χ0) is 18.3. The molecule has 0 aliphatic rings. The molecule has 0 spiro atoms. The van der Waals surface area contributed by atoms with E-state index in [1.54, 1.807) is 21.7 Å². The molecule has 0 N–H and O–H groups in total. The Morgan fingerprint density at radius 1 is 0.346 bits per heavy atom. The summed E-state index contributed by atoms with van der Waals surface area (Å²) >= 11 is 0.0377. The van der Waals surface area contributed by atoms with Gasteiger partial charge in [-0.25, -0.2) is 0 Å². The molecule has 156 valence electrons. The van der Waals surface area contributed by atoms with Crippen molar-refractivity contribution < 1.29 is 0 Å². The van der Waals surface area contributed by atoms with Gasteiger partial charge in [0.25, 0.3) is 0 Å². The molecule has 0 nitrogen and oxygen atoms in total. The Balaban J connectivity index is 0. The SMILES string of the molecule is CCCCCCCCCCC[CH2][Sn+2][CH2]CCCCCCCCCCC.[S-2]. The molecule has 0 fully saturated rings. The van der Waals surface area contributed by atoms with Gasteiger partial charge >= 0.3 is 172 Å². The van der Waals surface area contributed by atoms with Crippen LogP contribution in [0.3, 0.4) is 0 Å². The number of hydrogen-bond acceptors (Lipinski definition) is 0. The minimum Gasteiger partial charge on any atom is -2.00 e. The Morgan fingerprint density at radius 2 is 0.577 bits per heavy atom. The molecule has 0 radical (unpaired) electrons. The van der Waals surface area contributed by atoms with E-state index in [4.69, 9.17) is 0 Å². The van der Waals surface area contributed by atoms with E-state index in [2.05, 4.69) is 13.8 Å². The molecule has 0 aliphatic carbocycles. The molecule has 2 heteroatoms. The fraction of sp³-hybridized carbons (Fsp3) is 1.00. The van der Waals surface area contributed by atoms with E-state index in [9.17, 15) is 0 Å². The van der Waals surface area contributed by atoms with E-state index in [0.717, 1.165) is 0 Å². The van der Waals surface area contributed by atoms with Crippen LogP contribution in [0, 0.1) is 0 Å². The Labute approximate surface area is 185 Å². The third-order valence-electron chi connectivity index (χ3n) is 5.41. The zero-order valence-corrected chi connectivity index (χ0v) is 22.1. The van der Waals surface area contributed by atoms with Gasteiger partial charge in [0.05, 0.1) is 0 Å². The molecule has 0 bridgehead atoms. The monoisotopic (exact) mass is 490 g/mol. The molecule has 26 heavy (non-hydrogen) atoms. The van der Waals surface area contributed by atoms with Crippen molar-refractivity contribution in [2.45, 2.75) is 151 Å². The molecule has 0 atom stereocenters. The topological polar surface area (TPSA) is 0 Å². The summed E-state index contributed by atoms with van der Waals surface area (Å²) in [5.41, 5.74) is 0. The summed E-state index contributed by atoms with van der Waals surface area (Å²) in [4.78, 5) is 0. The van der Waals surface area contributed by atoms with Crippen LogP contribution in [0.25, 0.3) is 0 Å². The minimum absolute atomic E-state index is 0.